The van der Waals surface area contributed by atoms with Gasteiger partial charge < -0.3 is 5.32 Å². The Morgan fingerprint density at radius 2 is 1.84 bits per heavy atom. The predicted octanol–water partition coefficient (Wildman–Crippen LogP) is 3.76. The first-order chi connectivity index (χ1) is 8.97. The van der Waals surface area contributed by atoms with Gasteiger partial charge in [-0.2, -0.15) is 13.2 Å². The van der Waals surface area contributed by atoms with E-state index in [1.54, 1.807) is 12.4 Å². The molecule has 0 aliphatic carbocycles. The van der Waals surface area contributed by atoms with Crippen molar-refractivity contribution in [1.82, 2.24) is 9.97 Å². The summed E-state index contributed by atoms with van der Waals surface area (Å²) in [7, 11) is 0. The Morgan fingerprint density at radius 1 is 1.16 bits per heavy atom. The van der Waals surface area contributed by atoms with Gasteiger partial charge in [0.25, 0.3) is 0 Å². The summed E-state index contributed by atoms with van der Waals surface area (Å²) in [6.07, 6.45) is 0.0827. The highest BCUT2D eigenvalue weighted by Gasteiger charge is 2.33. The molecular weight excluding hydrogens is 279 g/mol. The zero-order valence-corrected chi connectivity index (χ0v) is 10.3. The SMILES string of the molecule is FC(F)(F)c1cc(NCc2cncnc2)ccc1Cl. The lowest BCUT2D eigenvalue weighted by atomic mass is 10.2. The van der Waals surface area contributed by atoms with Gasteiger partial charge in [0.15, 0.2) is 0 Å². The van der Waals surface area contributed by atoms with E-state index in [4.69, 9.17) is 11.6 Å². The number of benzene rings is 1. The average molecular weight is 288 g/mol. The van der Waals surface area contributed by atoms with Crippen LogP contribution in [-0.2, 0) is 12.7 Å². The van der Waals surface area contributed by atoms with Gasteiger partial charge in [-0.25, -0.2) is 9.97 Å². The maximum absolute atomic E-state index is 12.7. The van der Waals surface area contributed by atoms with Crippen LogP contribution in [0.25, 0.3) is 0 Å². The third-order valence-electron chi connectivity index (χ3n) is 2.38. The van der Waals surface area contributed by atoms with E-state index in [2.05, 4.69) is 15.3 Å². The third kappa shape index (κ3) is 3.57. The summed E-state index contributed by atoms with van der Waals surface area (Å²) in [5, 5.41) is 2.54. The molecule has 0 bridgehead atoms. The highest BCUT2D eigenvalue weighted by atomic mass is 35.5. The van der Waals surface area contributed by atoms with Gasteiger partial charge in [-0.3, -0.25) is 0 Å². The van der Waals surface area contributed by atoms with Crippen LogP contribution < -0.4 is 5.32 Å². The van der Waals surface area contributed by atoms with Gasteiger partial charge in [0, 0.05) is 30.2 Å². The van der Waals surface area contributed by atoms with Crippen molar-refractivity contribution in [2.75, 3.05) is 5.32 Å². The average Bonchev–Trinajstić information content (AvgIpc) is 2.37. The van der Waals surface area contributed by atoms with Crippen LogP contribution in [0, 0.1) is 0 Å². The smallest absolute Gasteiger partial charge is 0.381 e. The number of nitrogens with zero attached hydrogens (tertiary/aromatic N) is 2. The molecule has 0 radical (unpaired) electrons. The van der Waals surface area contributed by atoms with E-state index in [1.807, 2.05) is 0 Å². The van der Waals surface area contributed by atoms with Gasteiger partial charge in [-0.15, -0.1) is 0 Å². The second-order valence-electron chi connectivity index (χ2n) is 3.79. The summed E-state index contributed by atoms with van der Waals surface area (Å²) in [5.74, 6) is 0. The van der Waals surface area contributed by atoms with Gasteiger partial charge in [-0.05, 0) is 18.2 Å². The summed E-state index contributed by atoms with van der Waals surface area (Å²) < 4.78 is 38.0. The number of anilines is 1. The maximum atomic E-state index is 12.7. The molecule has 0 aliphatic heterocycles. The van der Waals surface area contributed by atoms with E-state index < -0.39 is 11.7 Å². The van der Waals surface area contributed by atoms with Crippen molar-refractivity contribution in [1.29, 1.82) is 0 Å². The minimum atomic E-state index is -4.47. The Morgan fingerprint density at radius 3 is 2.47 bits per heavy atom. The summed E-state index contributed by atoms with van der Waals surface area (Å²) in [5.41, 5.74) is 0.245. The molecule has 0 saturated heterocycles. The topological polar surface area (TPSA) is 37.8 Å². The summed E-state index contributed by atoms with van der Waals surface area (Å²) in [4.78, 5) is 7.63. The van der Waals surface area contributed by atoms with Crippen LogP contribution in [0.3, 0.4) is 0 Å². The first kappa shape index (κ1) is 13.6. The van der Waals surface area contributed by atoms with Crippen LogP contribution in [0.15, 0.2) is 36.9 Å². The van der Waals surface area contributed by atoms with Crippen LogP contribution in [-0.4, -0.2) is 9.97 Å². The fraction of sp³-hybridized carbons (Fsp3) is 0.167. The van der Waals surface area contributed by atoms with Crippen molar-refractivity contribution >= 4 is 17.3 Å². The molecule has 0 atom stereocenters. The molecule has 1 aromatic carbocycles. The van der Waals surface area contributed by atoms with Crippen molar-refractivity contribution in [3.05, 3.63) is 53.1 Å². The number of nitrogens with one attached hydrogen (secondary N) is 1. The van der Waals surface area contributed by atoms with Crippen LogP contribution >= 0.6 is 11.6 Å². The van der Waals surface area contributed by atoms with E-state index in [9.17, 15) is 13.2 Å². The number of hydrogen-bond acceptors (Lipinski definition) is 3. The molecule has 0 unspecified atom stereocenters. The van der Waals surface area contributed by atoms with Crippen molar-refractivity contribution in [2.45, 2.75) is 12.7 Å². The van der Waals surface area contributed by atoms with Gasteiger partial charge in [-0.1, -0.05) is 11.6 Å². The molecule has 0 amide bonds. The standard InChI is InChI=1S/C12H9ClF3N3/c13-11-2-1-9(3-10(11)12(14,15)16)19-6-8-4-17-7-18-5-8/h1-5,7,19H,6H2. The number of rotatable bonds is 3. The summed E-state index contributed by atoms with van der Waals surface area (Å²) in [6.45, 7) is 0.333. The van der Waals surface area contributed by atoms with Gasteiger partial charge in [0.1, 0.15) is 6.33 Å². The normalized spacial score (nSPS) is 11.4. The molecule has 2 rings (SSSR count). The minimum absolute atomic E-state index is 0.318. The van der Waals surface area contributed by atoms with Crippen LogP contribution in [0.1, 0.15) is 11.1 Å². The monoisotopic (exact) mass is 287 g/mol. The van der Waals surface area contributed by atoms with Crippen LogP contribution in [0.5, 0.6) is 0 Å². The Kier molecular flexibility index (Phi) is 3.90. The lowest BCUT2D eigenvalue weighted by Crippen LogP contribution is -2.07. The summed E-state index contributed by atoms with van der Waals surface area (Å²) >= 11 is 5.53. The van der Waals surface area contributed by atoms with Crippen molar-refractivity contribution in [2.24, 2.45) is 0 Å². The lowest BCUT2D eigenvalue weighted by molar-refractivity contribution is -0.137. The van der Waals surface area contributed by atoms with Crippen LogP contribution in [0.4, 0.5) is 18.9 Å². The van der Waals surface area contributed by atoms with Crippen molar-refractivity contribution < 1.29 is 13.2 Å². The van der Waals surface area contributed by atoms with E-state index in [1.165, 1.54) is 18.5 Å². The molecule has 0 spiro atoms. The Labute approximate surface area is 112 Å². The van der Waals surface area contributed by atoms with Crippen LogP contribution in [0.2, 0.25) is 5.02 Å². The van der Waals surface area contributed by atoms with E-state index in [0.717, 1.165) is 11.6 Å². The molecule has 2 aromatic rings. The second-order valence-corrected chi connectivity index (χ2v) is 4.20. The lowest BCUT2D eigenvalue weighted by Gasteiger charge is -2.12. The van der Waals surface area contributed by atoms with Crippen molar-refractivity contribution in [3.8, 4) is 0 Å². The predicted molar refractivity (Wildman–Crippen MR) is 65.8 cm³/mol. The second kappa shape index (κ2) is 5.44. The van der Waals surface area contributed by atoms with Crippen molar-refractivity contribution in [3.63, 3.8) is 0 Å². The number of hydrogen-bond donors (Lipinski definition) is 1. The van der Waals surface area contributed by atoms with E-state index >= 15 is 0 Å². The first-order valence-electron chi connectivity index (χ1n) is 5.31. The molecule has 0 fully saturated rings. The fourth-order valence-electron chi connectivity index (χ4n) is 1.48. The first-order valence-corrected chi connectivity index (χ1v) is 5.69. The number of aromatic nitrogens is 2. The quantitative estimate of drug-likeness (QED) is 0.934. The van der Waals surface area contributed by atoms with Gasteiger partial charge in [0.05, 0.1) is 10.6 Å². The molecule has 1 heterocycles. The molecule has 0 saturated carbocycles. The minimum Gasteiger partial charge on any atom is -0.381 e. The van der Waals surface area contributed by atoms with E-state index in [0.29, 0.717) is 12.2 Å². The molecule has 1 aromatic heterocycles. The molecule has 1 N–H and O–H groups in total. The highest BCUT2D eigenvalue weighted by Crippen LogP contribution is 2.36. The number of halogens is 4. The fourth-order valence-corrected chi connectivity index (χ4v) is 1.70. The molecule has 3 nitrogen and oxygen atoms in total. The molecule has 7 heteroatoms. The molecule has 100 valence electrons. The third-order valence-corrected chi connectivity index (χ3v) is 2.71. The van der Waals surface area contributed by atoms with E-state index in [-0.39, 0.29) is 5.02 Å². The number of alkyl halides is 3. The molecule has 19 heavy (non-hydrogen) atoms. The van der Waals surface area contributed by atoms with Gasteiger partial charge >= 0.3 is 6.18 Å². The Hall–Kier alpha value is -1.82. The maximum Gasteiger partial charge on any atom is 0.417 e. The molecule has 0 aliphatic rings. The highest BCUT2D eigenvalue weighted by molar-refractivity contribution is 6.31. The zero-order chi connectivity index (χ0) is 13.9. The van der Waals surface area contributed by atoms with Gasteiger partial charge in [0.2, 0.25) is 0 Å². The largest absolute Gasteiger partial charge is 0.417 e. The Balaban J connectivity index is 2.14. The molecular formula is C12H9ClF3N3. The zero-order valence-electron chi connectivity index (χ0n) is 9.58. The summed E-state index contributed by atoms with van der Waals surface area (Å²) in [6, 6.07) is 3.68. The Bertz CT molecular complexity index is 558.